The SMILES string of the molecule is CC(=O)N1CCN(S(=O)(=O)[C@]2(C)C=CC=C(C)C2)c2cc(-c3ccc(S(C)(=O)=O)cc3)ncc21. The van der Waals surface area contributed by atoms with E-state index in [1.165, 1.54) is 34.5 Å². The predicted molar refractivity (Wildman–Crippen MR) is 133 cm³/mol. The maximum absolute atomic E-state index is 13.9. The number of pyridine rings is 1. The number of carbonyl (C=O) groups is 1. The van der Waals surface area contributed by atoms with E-state index >= 15 is 0 Å². The van der Waals surface area contributed by atoms with E-state index in [-0.39, 0.29) is 23.9 Å². The van der Waals surface area contributed by atoms with Gasteiger partial charge >= 0.3 is 0 Å². The highest BCUT2D eigenvalue weighted by atomic mass is 32.2. The number of sulfone groups is 1. The minimum Gasteiger partial charge on any atom is -0.307 e. The van der Waals surface area contributed by atoms with E-state index in [0.717, 1.165) is 11.8 Å². The summed E-state index contributed by atoms with van der Waals surface area (Å²) in [5.41, 5.74) is 2.88. The van der Waals surface area contributed by atoms with Gasteiger partial charge in [0.25, 0.3) is 0 Å². The first-order chi connectivity index (χ1) is 15.8. The molecule has 0 radical (unpaired) electrons. The van der Waals surface area contributed by atoms with E-state index in [1.807, 2.05) is 13.0 Å². The lowest BCUT2D eigenvalue weighted by molar-refractivity contribution is -0.116. The molecule has 2 aliphatic rings. The highest BCUT2D eigenvalue weighted by Gasteiger charge is 2.45. The number of rotatable bonds is 4. The molecule has 0 bridgehead atoms. The zero-order chi connectivity index (χ0) is 24.9. The van der Waals surface area contributed by atoms with Crippen LogP contribution in [0.1, 0.15) is 27.2 Å². The second-order valence-corrected chi connectivity index (χ2v) is 13.3. The monoisotopic (exact) mass is 501 g/mol. The molecule has 0 fully saturated rings. The van der Waals surface area contributed by atoms with Gasteiger partial charge in [0.05, 0.1) is 34.7 Å². The molecule has 0 unspecified atom stereocenters. The average Bonchev–Trinajstić information content (AvgIpc) is 2.77. The third-order valence-corrected chi connectivity index (χ3v) is 9.79. The van der Waals surface area contributed by atoms with Crippen molar-refractivity contribution in [2.24, 2.45) is 0 Å². The zero-order valence-corrected chi connectivity index (χ0v) is 21.1. The molecule has 0 saturated heterocycles. The maximum atomic E-state index is 13.9. The Morgan fingerprint density at radius 3 is 2.32 bits per heavy atom. The molecule has 1 aliphatic carbocycles. The van der Waals surface area contributed by atoms with Gasteiger partial charge in [0, 0.05) is 25.3 Å². The Balaban J connectivity index is 1.83. The Labute approximate surface area is 200 Å². The van der Waals surface area contributed by atoms with E-state index in [9.17, 15) is 21.6 Å². The number of amides is 1. The minimum absolute atomic E-state index is 0.123. The second-order valence-electron chi connectivity index (χ2n) is 8.96. The molecule has 2 aromatic rings. The molecule has 180 valence electrons. The van der Waals surface area contributed by atoms with Gasteiger partial charge in [0.2, 0.25) is 15.9 Å². The molecule has 1 atom stereocenters. The van der Waals surface area contributed by atoms with Gasteiger partial charge in [-0.3, -0.25) is 14.1 Å². The maximum Gasteiger partial charge on any atom is 0.244 e. The molecule has 1 aliphatic heterocycles. The molecule has 8 nitrogen and oxygen atoms in total. The summed E-state index contributed by atoms with van der Waals surface area (Å²) in [6.45, 7) is 5.39. The molecule has 2 heterocycles. The molecule has 0 saturated carbocycles. The Bertz CT molecular complexity index is 1430. The molecule has 0 spiro atoms. The van der Waals surface area contributed by atoms with Crippen molar-refractivity contribution < 1.29 is 21.6 Å². The van der Waals surface area contributed by atoms with Crippen molar-refractivity contribution in [2.75, 3.05) is 28.6 Å². The number of benzene rings is 1. The number of nitrogens with zero attached hydrogens (tertiary/aromatic N) is 3. The van der Waals surface area contributed by atoms with Gasteiger partial charge in [-0.25, -0.2) is 16.8 Å². The summed E-state index contributed by atoms with van der Waals surface area (Å²) in [6.07, 6.45) is 8.39. The van der Waals surface area contributed by atoms with Gasteiger partial charge in [0.1, 0.15) is 4.75 Å². The van der Waals surface area contributed by atoms with Crippen molar-refractivity contribution in [3.8, 4) is 11.3 Å². The molecular formula is C24H27N3O5S2. The largest absolute Gasteiger partial charge is 0.307 e. The summed E-state index contributed by atoms with van der Waals surface area (Å²) < 4.78 is 51.7. The first kappa shape index (κ1) is 24.2. The molecule has 1 amide bonds. The number of sulfonamides is 1. The van der Waals surface area contributed by atoms with E-state index in [2.05, 4.69) is 4.98 Å². The van der Waals surface area contributed by atoms with Crippen LogP contribution in [0.5, 0.6) is 0 Å². The molecular weight excluding hydrogens is 474 g/mol. The molecule has 4 rings (SSSR count). The lowest BCUT2D eigenvalue weighted by Crippen LogP contribution is -2.52. The Morgan fingerprint density at radius 1 is 1.06 bits per heavy atom. The van der Waals surface area contributed by atoms with Crippen molar-refractivity contribution in [1.82, 2.24) is 4.98 Å². The van der Waals surface area contributed by atoms with Gasteiger partial charge in [0.15, 0.2) is 9.84 Å². The van der Waals surface area contributed by atoms with Crippen LogP contribution in [0.15, 0.2) is 65.2 Å². The number of anilines is 2. The van der Waals surface area contributed by atoms with E-state index in [1.54, 1.807) is 37.3 Å². The lowest BCUT2D eigenvalue weighted by atomic mass is 9.96. The standard InChI is InChI=1S/C24H27N3O5S2/c1-17-6-5-11-24(3,15-17)34(31,32)27-13-12-26(18(2)28)23-16-25-21(14-22(23)27)19-7-9-20(10-8-19)33(4,29)30/h5-11,14,16H,12-13,15H2,1-4H3/t24-/m1/s1. The highest BCUT2D eigenvalue weighted by Crippen LogP contribution is 2.42. The second kappa shape index (κ2) is 8.35. The van der Waals surface area contributed by atoms with Gasteiger partial charge in [-0.15, -0.1) is 0 Å². The van der Waals surface area contributed by atoms with Crippen LogP contribution in [0.4, 0.5) is 11.4 Å². The first-order valence-electron chi connectivity index (χ1n) is 10.8. The molecule has 34 heavy (non-hydrogen) atoms. The summed E-state index contributed by atoms with van der Waals surface area (Å²) in [5, 5.41) is 0. The van der Waals surface area contributed by atoms with Crippen LogP contribution in [-0.2, 0) is 24.7 Å². The van der Waals surface area contributed by atoms with Crippen molar-refractivity contribution in [1.29, 1.82) is 0 Å². The Kier molecular flexibility index (Phi) is 5.93. The summed E-state index contributed by atoms with van der Waals surface area (Å²) in [5.74, 6) is -0.201. The van der Waals surface area contributed by atoms with Crippen LogP contribution in [0.25, 0.3) is 11.3 Å². The van der Waals surface area contributed by atoms with Crippen LogP contribution < -0.4 is 9.21 Å². The fraction of sp³-hybridized carbons (Fsp3) is 0.333. The summed E-state index contributed by atoms with van der Waals surface area (Å²) in [6, 6.07) is 7.90. The van der Waals surface area contributed by atoms with Crippen LogP contribution >= 0.6 is 0 Å². The third kappa shape index (κ3) is 4.16. The van der Waals surface area contributed by atoms with Crippen molar-refractivity contribution in [2.45, 2.75) is 36.8 Å². The molecule has 10 heteroatoms. The van der Waals surface area contributed by atoms with E-state index < -0.39 is 24.6 Å². The predicted octanol–water partition coefficient (Wildman–Crippen LogP) is 3.32. The first-order valence-corrected chi connectivity index (χ1v) is 14.1. The van der Waals surface area contributed by atoms with E-state index in [0.29, 0.717) is 29.1 Å². The summed E-state index contributed by atoms with van der Waals surface area (Å²) in [4.78, 5) is 18.4. The fourth-order valence-corrected chi connectivity index (χ4v) is 6.92. The Morgan fingerprint density at radius 2 is 1.74 bits per heavy atom. The number of hydrogen-bond donors (Lipinski definition) is 0. The smallest absolute Gasteiger partial charge is 0.244 e. The number of carbonyl (C=O) groups excluding carboxylic acids is 1. The number of hydrogen-bond acceptors (Lipinski definition) is 6. The number of allylic oxidation sites excluding steroid dienone is 3. The summed E-state index contributed by atoms with van der Waals surface area (Å²) in [7, 11) is -7.19. The fourth-order valence-electron chi connectivity index (χ4n) is 4.40. The minimum atomic E-state index is -3.84. The van der Waals surface area contributed by atoms with Gasteiger partial charge in [-0.2, -0.15) is 0 Å². The quantitative estimate of drug-likeness (QED) is 0.637. The molecule has 1 aromatic heterocycles. The highest BCUT2D eigenvalue weighted by molar-refractivity contribution is 7.94. The molecule has 0 N–H and O–H groups in total. The van der Waals surface area contributed by atoms with Crippen molar-refractivity contribution in [3.63, 3.8) is 0 Å². The van der Waals surface area contributed by atoms with Gasteiger partial charge < -0.3 is 4.90 Å². The summed E-state index contributed by atoms with van der Waals surface area (Å²) >= 11 is 0. The number of fused-ring (bicyclic) bond motifs is 1. The van der Waals surface area contributed by atoms with E-state index in [4.69, 9.17) is 0 Å². The van der Waals surface area contributed by atoms with Gasteiger partial charge in [-0.1, -0.05) is 35.9 Å². The zero-order valence-electron chi connectivity index (χ0n) is 19.5. The average molecular weight is 502 g/mol. The van der Waals surface area contributed by atoms with Crippen LogP contribution in [0.3, 0.4) is 0 Å². The van der Waals surface area contributed by atoms with Crippen LogP contribution in [0, 0.1) is 0 Å². The lowest BCUT2D eigenvalue weighted by Gasteiger charge is -2.41. The normalized spacial score (nSPS) is 20.6. The number of aromatic nitrogens is 1. The topological polar surface area (TPSA) is 105 Å². The van der Waals surface area contributed by atoms with Crippen molar-refractivity contribution >= 4 is 37.1 Å². The molecule has 1 aromatic carbocycles. The Hall–Kier alpha value is -2.98. The van der Waals surface area contributed by atoms with Gasteiger partial charge in [-0.05, 0) is 38.5 Å². The third-order valence-electron chi connectivity index (χ3n) is 6.25. The van der Waals surface area contributed by atoms with Crippen molar-refractivity contribution in [3.05, 3.63) is 60.3 Å². The van der Waals surface area contributed by atoms with Crippen LogP contribution in [0.2, 0.25) is 0 Å². The van der Waals surface area contributed by atoms with Crippen LogP contribution in [-0.4, -0.2) is 51.8 Å².